The van der Waals surface area contributed by atoms with Crippen LogP contribution < -0.4 is 20.5 Å². The van der Waals surface area contributed by atoms with Gasteiger partial charge in [-0.2, -0.15) is 17.7 Å². The van der Waals surface area contributed by atoms with E-state index in [-0.39, 0.29) is 0 Å². The molecule has 1 aromatic carbocycles. The highest BCUT2D eigenvalue weighted by Crippen LogP contribution is 2.30. The number of hydrogen-bond acceptors (Lipinski definition) is 7. The van der Waals surface area contributed by atoms with Gasteiger partial charge in [-0.05, 0) is 56.1 Å². The molecule has 2 atom stereocenters. The zero-order chi connectivity index (χ0) is 22.6. The molecule has 1 aromatic heterocycles. The van der Waals surface area contributed by atoms with Crippen LogP contribution in [0.25, 0.3) is 10.9 Å². The molecular formula is C22H34N6O3S. The fourth-order valence-corrected chi connectivity index (χ4v) is 6.19. The Labute approximate surface area is 190 Å². The van der Waals surface area contributed by atoms with Gasteiger partial charge in [0.15, 0.2) is 0 Å². The molecule has 1 saturated carbocycles. The van der Waals surface area contributed by atoms with Gasteiger partial charge in [0.25, 0.3) is 10.2 Å². The van der Waals surface area contributed by atoms with Crippen LogP contribution in [0.2, 0.25) is 0 Å². The number of benzene rings is 1. The van der Waals surface area contributed by atoms with Crippen molar-refractivity contribution in [2.24, 2.45) is 11.8 Å². The third kappa shape index (κ3) is 5.41. The Balaban J connectivity index is 1.32. The van der Waals surface area contributed by atoms with E-state index in [9.17, 15) is 8.42 Å². The number of rotatable bonds is 8. The van der Waals surface area contributed by atoms with Crippen LogP contribution in [0.15, 0.2) is 18.2 Å². The van der Waals surface area contributed by atoms with Crippen LogP contribution >= 0.6 is 0 Å². The van der Waals surface area contributed by atoms with Crippen LogP contribution in [-0.4, -0.2) is 56.0 Å². The Bertz CT molecular complexity index is 1030. The summed E-state index contributed by atoms with van der Waals surface area (Å²) in [6.45, 7) is 2.50. The molecule has 2 heterocycles. The first kappa shape index (κ1) is 23.0. The molecule has 0 spiro atoms. The van der Waals surface area contributed by atoms with Crippen molar-refractivity contribution in [2.75, 3.05) is 44.3 Å². The summed E-state index contributed by atoms with van der Waals surface area (Å²) in [5, 5.41) is 4.11. The molecule has 9 nitrogen and oxygen atoms in total. The second kappa shape index (κ2) is 10.2. The highest BCUT2D eigenvalue weighted by Gasteiger charge is 2.27. The summed E-state index contributed by atoms with van der Waals surface area (Å²) >= 11 is 0. The lowest BCUT2D eigenvalue weighted by Crippen LogP contribution is -2.45. The number of fused-ring (bicyclic) bond motifs is 1. The van der Waals surface area contributed by atoms with Gasteiger partial charge in [-0.25, -0.2) is 9.71 Å². The number of nitrogens with one attached hydrogen (secondary N) is 2. The second-order valence-electron chi connectivity index (χ2n) is 8.88. The maximum atomic E-state index is 12.6. The second-order valence-corrected chi connectivity index (χ2v) is 10.6. The minimum atomic E-state index is -3.37. The van der Waals surface area contributed by atoms with Gasteiger partial charge in [0.2, 0.25) is 5.95 Å². The van der Waals surface area contributed by atoms with Crippen molar-refractivity contribution in [1.29, 1.82) is 0 Å². The highest BCUT2D eigenvalue weighted by molar-refractivity contribution is 7.87. The summed E-state index contributed by atoms with van der Waals surface area (Å²) in [7, 11) is -1.75. The van der Waals surface area contributed by atoms with Crippen LogP contribution in [0.1, 0.15) is 44.9 Å². The first-order valence-corrected chi connectivity index (χ1v) is 13.0. The zero-order valence-corrected chi connectivity index (χ0v) is 19.5. The van der Waals surface area contributed by atoms with Crippen LogP contribution in [0.5, 0.6) is 5.75 Å². The number of methoxy groups -OCH3 is 1. The quantitative estimate of drug-likeness (QED) is 0.551. The Kier molecular flexibility index (Phi) is 7.32. The number of anilines is 2. The minimum Gasteiger partial charge on any atom is -0.494 e. The van der Waals surface area contributed by atoms with E-state index in [1.54, 1.807) is 11.4 Å². The molecule has 0 bridgehead atoms. The maximum absolute atomic E-state index is 12.6. The Morgan fingerprint density at radius 2 is 1.84 bits per heavy atom. The third-order valence-corrected chi connectivity index (χ3v) is 8.17. The minimum absolute atomic E-state index is 0.345. The van der Waals surface area contributed by atoms with E-state index in [1.165, 1.54) is 0 Å². The Morgan fingerprint density at radius 3 is 2.59 bits per heavy atom. The van der Waals surface area contributed by atoms with Gasteiger partial charge < -0.3 is 15.8 Å². The number of hydrogen-bond donors (Lipinski definition) is 3. The smallest absolute Gasteiger partial charge is 0.279 e. The molecule has 32 heavy (non-hydrogen) atoms. The maximum Gasteiger partial charge on any atom is 0.279 e. The van der Waals surface area contributed by atoms with E-state index in [4.69, 9.17) is 10.5 Å². The van der Waals surface area contributed by atoms with Crippen molar-refractivity contribution in [3.8, 4) is 5.75 Å². The first-order valence-electron chi connectivity index (χ1n) is 11.5. The molecule has 0 amide bonds. The topological polar surface area (TPSA) is 122 Å². The number of ether oxygens (including phenoxy) is 1. The third-order valence-electron chi connectivity index (χ3n) is 6.59. The van der Waals surface area contributed by atoms with Crippen molar-refractivity contribution in [1.82, 2.24) is 19.0 Å². The van der Waals surface area contributed by atoms with E-state index >= 15 is 0 Å². The summed E-state index contributed by atoms with van der Waals surface area (Å²) in [5.74, 6) is 2.36. The lowest BCUT2D eigenvalue weighted by atomic mass is 9.81. The van der Waals surface area contributed by atoms with Crippen molar-refractivity contribution in [3.63, 3.8) is 0 Å². The molecule has 2 aliphatic rings. The van der Waals surface area contributed by atoms with Crippen molar-refractivity contribution in [2.45, 2.75) is 44.9 Å². The van der Waals surface area contributed by atoms with E-state index in [1.807, 2.05) is 18.2 Å². The molecule has 176 valence electrons. The van der Waals surface area contributed by atoms with Gasteiger partial charge >= 0.3 is 0 Å². The predicted octanol–water partition coefficient (Wildman–Crippen LogP) is 2.76. The average Bonchev–Trinajstić information content (AvgIpc) is 2.82. The largest absolute Gasteiger partial charge is 0.494 e. The average molecular weight is 463 g/mol. The van der Waals surface area contributed by atoms with Crippen molar-refractivity contribution >= 4 is 32.9 Å². The summed E-state index contributed by atoms with van der Waals surface area (Å²) in [5.41, 5.74) is 6.83. The zero-order valence-electron chi connectivity index (χ0n) is 18.7. The molecule has 2 unspecified atom stereocenters. The predicted molar refractivity (Wildman–Crippen MR) is 127 cm³/mol. The van der Waals surface area contributed by atoms with E-state index in [0.29, 0.717) is 54.5 Å². The van der Waals surface area contributed by atoms with Gasteiger partial charge in [-0.15, -0.1) is 0 Å². The van der Waals surface area contributed by atoms with Crippen molar-refractivity contribution in [3.05, 3.63) is 18.2 Å². The number of para-hydroxylation sites is 1. The van der Waals surface area contributed by atoms with Gasteiger partial charge in [0.1, 0.15) is 17.1 Å². The number of piperidine rings is 1. The van der Waals surface area contributed by atoms with E-state index < -0.39 is 10.2 Å². The normalized spacial score (nSPS) is 22.7. The summed E-state index contributed by atoms with van der Waals surface area (Å²) in [6.07, 6.45) is 7.24. The van der Waals surface area contributed by atoms with Crippen LogP contribution in [0.3, 0.4) is 0 Å². The van der Waals surface area contributed by atoms with E-state index in [0.717, 1.165) is 56.9 Å². The number of nitrogen functional groups attached to an aromatic ring is 1. The lowest BCUT2D eigenvalue weighted by molar-refractivity contribution is 0.273. The molecular weight excluding hydrogens is 428 g/mol. The van der Waals surface area contributed by atoms with Crippen LogP contribution in [-0.2, 0) is 10.2 Å². The van der Waals surface area contributed by atoms with Crippen molar-refractivity contribution < 1.29 is 13.2 Å². The number of aromatic nitrogens is 2. The summed E-state index contributed by atoms with van der Waals surface area (Å²) < 4.78 is 35.0. The molecule has 1 aliphatic carbocycles. The Hall–Kier alpha value is -2.17. The molecule has 0 radical (unpaired) electrons. The molecule has 4 N–H and O–H groups in total. The molecule has 2 fully saturated rings. The fourth-order valence-electron chi connectivity index (χ4n) is 4.82. The molecule has 2 aromatic rings. The van der Waals surface area contributed by atoms with Gasteiger partial charge in [0, 0.05) is 31.6 Å². The van der Waals surface area contributed by atoms with Crippen LogP contribution in [0.4, 0.5) is 11.8 Å². The van der Waals surface area contributed by atoms with E-state index in [2.05, 4.69) is 20.0 Å². The molecule has 1 saturated heterocycles. The highest BCUT2D eigenvalue weighted by atomic mass is 32.2. The summed E-state index contributed by atoms with van der Waals surface area (Å²) in [4.78, 5) is 9.01. The number of nitrogens with two attached hydrogens (primary N) is 1. The Morgan fingerprint density at radius 1 is 1.09 bits per heavy atom. The summed E-state index contributed by atoms with van der Waals surface area (Å²) in [6, 6.07) is 5.61. The lowest BCUT2D eigenvalue weighted by Gasteiger charge is -2.31. The van der Waals surface area contributed by atoms with Crippen LogP contribution in [0, 0.1) is 11.8 Å². The number of nitrogens with zero attached hydrogens (tertiary/aromatic N) is 3. The standard InChI is InChI=1S/C22H34N6O3S/c1-31-19-10-6-9-18-20(19)26-22(27-21(18)23)24-14-16-7-5-8-17(13-16)15-25-32(29,30)28-11-3-2-4-12-28/h6,9-10,16-17,25H,2-5,7-8,11-15H2,1H3,(H3,23,24,26,27). The molecule has 10 heteroatoms. The van der Waals surface area contributed by atoms with Gasteiger partial charge in [-0.3, -0.25) is 0 Å². The molecule has 1 aliphatic heterocycles. The molecule has 4 rings (SSSR count). The van der Waals surface area contributed by atoms with Gasteiger partial charge in [-0.1, -0.05) is 18.9 Å². The fraction of sp³-hybridized carbons (Fsp3) is 0.636. The first-order chi connectivity index (χ1) is 15.5. The van der Waals surface area contributed by atoms with Gasteiger partial charge in [0.05, 0.1) is 7.11 Å². The monoisotopic (exact) mass is 462 g/mol. The SMILES string of the molecule is COc1cccc2c(N)nc(NCC3CCCC(CNS(=O)(=O)N4CCCCC4)C3)nc12.